The first-order chi connectivity index (χ1) is 20.5. The number of anilines is 1. The number of phosphoric acid groups is 1. The van der Waals surface area contributed by atoms with Crippen molar-refractivity contribution in [3.05, 3.63) is 30.7 Å². The molecule has 44 heavy (non-hydrogen) atoms. The van der Waals surface area contributed by atoms with Crippen LogP contribution >= 0.6 is 14.5 Å². The summed E-state index contributed by atoms with van der Waals surface area (Å²) in [7, 11) is -4.54. The molecule has 0 bridgehead atoms. The van der Waals surface area contributed by atoms with Gasteiger partial charge in [-0.3, -0.25) is 4.52 Å². The molecule has 7 unspecified atom stereocenters. The third kappa shape index (κ3) is 6.45. The molecule has 0 saturated carbocycles. The second kappa shape index (κ2) is 12.8. The predicted octanol–water partition coefficient (Wildman–Crippen LogP) is -2.12. The minimum Gasteiger partial charge on any atom is -0.393 e. The van der Waals surface area contributed by atoms with Crippen LogP contribution in [0.2, 0.25) is 0 Å². The Hall–Kier alpha value is -1.69. The number of rotatable bonds is 12. The van der Waals surface area contributed by atoms with E-state index < -0.39 is 88.3 Å². The Morgan fingerprint density at radius 3 is 2.57 bits per heavy atom. The molecule has 0 amide bonds. The lowest BCUT2D eigenvalue weighted by Gasteiger charge is -2.41. The zero-order valence-corrected chi connectivity index (χ0v) is 25.0. The van der Waals surface area contributed by atoms with Gasteiger partial charge in [-0.05, 0) is 11.8 Å². The van der Waals surface area contributed by atoms with E-state index in [0.29, 0.717) is 0 Å². The molecule has 19 nitrogen and oxygen atoms in total. The van der Waals surface area contributed by atoms with Gasteiger partial charge in [0.1, 0.15) is 49.1 Å². The fourth-order valence-electron chi connectivity index (χ4n) is 4.64. The van der Waals surface area contributed by atoms with E-state index in [1.54, 1.807) is 0 Å². The number of alkyl halides is 2. The predicted molar refractivity (Wildman–Crippen MR) is 142 cm³/mol. The molecule has 2 aliphatic heterocycles. The van der Waals surface area contributed by atoms with Crippen LogP contribution in [0.5, 0.6) is 0 Å². The number of hydrogen-bond acceptors (Lipinski definition) is 17. The van der Waals surface area contributed by atoms with E-state index in [2.05, 4.69) is 42.3 Å². The van der Waals surface area contributed by atoms with Gasteiger partial charge in [-0.2, -0.15) is 9.61 Å². The van der Waals surface area contributed by atoms with Gasteiger partial charge in [0.15, 0.2) is 24.2 Å². The maximum absolute atomic E-state index is 16.2. The van der Waals surface area contributed by atoms with Gasteiger partial charge in [0.05, 0.1) is 12.8 Å². The van der Waals surface area contributed by atoms with E-state index in [-0.39, 0.29) is 17.2 Å². The minimum atomic E-state index is -5.65. The van der Waals surface area contributed by atoms with Gasteiger partial charge in [-0.1, -0.05) is 6.08 Å². The smallest absolute Gasteiger partial charge is 0.393 e. The Balaban J connectivity index is 1.50. The number of fused-ring (bicyclic) bond motifs is 1. The number of methoxy groups -OCH3 is 1. The van der Waals surface area contributed by atoms with Gasteiger partial charge in [-0.15, -0.1) is 6.58 Å². The molecule has 2 aliphatic rings. The van der Waals surface area contributed by atoms with Crippen LogP contribution in [0.1, 0.15) is 11.7 Å². The summed E-state index contributed by atoms with van der Waals surface area (Å²) in [6.07, 6.45) is -13.7. The molecule has 2 aromatic rings. The number of phosphoric ester groups is 1. The van der Waals surface area contributed by atoms with Gasteiger partial charge in [-0.25, -0.2) is 27.6 Å². The summed E-state index contributed by atoms with van der Waals surface area (Å²) in [5, 5.41) is 53.8. The second-order valence-electron chi connectivity index (χ2n) is 9.55. The molecule has 2 aromatic heterocycles. The van der Waals surface area contributed by atoms with Crippen molar-refractivity contribution in [3.63, 3.8) is 0 Å². The number of aromatic nitrogens is 4. The van der Waals surface area contributed by atoms with Crippen LogP contribution in [-0.4, -0.2) is 130 Å². The monoisotopic (exact) mass is 695 g/mol. The minimum absolute atomic E-state index is 0.0437. The van der Waals surface area contributed by atoms with Crippen LogP contribution in [-0.2, 0) is 43.9 Å². The van der Waals surface area contributed by atoms with Crippen molar-refractivity contribution >= 4 is 37.9 Å². The molecular weight excluding hydrogens is 666 g/mol. The average Bonchev–Trinajstić information content (AvgIpc) is 3.49. The lowest BCUT2D eigenvalue weighted by atomic mass is 9.87. The fourth-order valence-corrected chi connectivity index (χ4v) is 7.72. The SMILES string of the molecule is C=C[C@]1(OC)[C@H](c2cnn3c(N)ncnc23)O[C@](F)(COP(O)(=S)OP(=O)(O)OC2OC([C@@H](F)CO)C(O)C(O)C2O)[C@H]1O. The highest BCUT2D eigenvalue weighted by atomic mass is 32.5. The largest absolute Gasteiger partial charge is 0.481 e. The number of aliphatic hydroxyl groups is 5. The highest BCUT2D eigenvalue weighted by Crippen LogP contribution is 2.62. The van der Waals surface area contributed by atoms with Crippen LogP contribution in [0.15, 0.2) is 25.2 Å². The van der Waals surface area contributed by atoms with E-state index in [1.165, 1.54) is 6.20 Å². The van der Waals surface area contributed by atoms with Crippen LogP contribution in [0, 0.1) is 0 Å². The van der Waals surface area contributed by atoms with Gasteiger partial charge in [0.2, 0.25) is 5.95 Å². The Bertz CT molecular complexity index is 1460. The topological polar surface area (TPSA) is 283 Å². The summed E-state index contributed by atoms with van der Waals surface area (Å²) in [5.41, 5.74) is 3.84. The van der Waals surface area contributed by atoms with E-state index in [4.69, 9.17) is 29.6 Å². The molecule has 0 aromatic carbocycles. The van der Waals surface area contributed by atoms with Crippen molar-refractivity contribution in [2.45, 2.75) is 60.5 Å². The summed E-state index contributed by atoms with van der Waals surface area (Å²) >= 11 is 4.66. The summed E-state index contributed by atoms with van der Waals surface area (Å²) in [6, 6.07) is 0. The summed E-state index contributed by atoms with van der Waals surface area (Å²) in [5.74, 6) is -3.36. The maximum atomic E-state index is 16.2. The van der Waals surface area contributed by atoms with Crippen molar-refractivity contribution in [2.75, 3.05) is 26.1 Å². The number of nitrogen functional groups attached to an aromatic ring is 1. The number of ether oxygens (including phenoxy) is 3. The highest BCUT2D eigenvalue weighted by Gasteiger charge is 2.66. The van der Waals surface area contributed by atoms with E-state index >= 15 is 4.39 Å². The highest BCUT2D eigenvalue weighted by molar-refractivity contribution is 8.08. The molecule has 24 heteroatoms. The van der Waals surface area contributed by atoms with Crippen molar-refractivity contribution in [1.82, 2.24) is 19.6 Å². The third-order valence-corrected chi connectivity index (χ3v) is 10.4. The molecule has 9 N–H and O–H groups in total. The molecular formula is C20H29F2N5O14P2S. The molecule has 2 fully saturated rings. The van der Waals surface area contributed by atoms with Crippen molar-refractivity contribution in [3.8, 4) is 0 Å². The molecule has 12 atom stereocenters. The molecule has 0 aliphatic carbocycles. The second-order valence-corrected chi connectivity index (χ2v) is 13.9. The molecule has 0 spiro atoms. The fraction of sp³-hybridized carbons (Fsp3) is 0.650. The lowest BCUT2D eigenvalue weighted by molar-refractivity contribution is -0.287. The Kier molecular flexibility index (Phi) is 10.3. The lowest BCUT2D eigenvalue weighted by Crippen LogP contribution is -2.60. The van der Waals surface area contributed by atoms with Crippen LogP contribution < -0.4 is 5.73 Å². The standard InChI is InChI=1S/C20H29F2N5O14P2S/c1-3-19(36-2)14(8-4-26-27-15(8)24-7-25-18(27)23)39-20(22,17(19)32)6-37-43(35,44)41-42(33,34)40-16-12(31)10(29)11(30)13(38-16)9(21)5-28/h3-4,7,9-14,16-17,28-32H,1,5-6H2,2H3,(H,33,34)(H,35,44)(H2,23,24,25)/t9-,10?,11?,12?,13?,14-,16?,17-,19-,20+,43?/m0/s1. The first-order valence-corrected chi connectivity index (χ1v) is 16.4. The van der Waals surface area contributed by atoms with Crippen LogP contribution in [0.4, 0.5) is 14.7 Å². The normalized spacial score (nSPS) is 37.8. The van der Waals surface area contributed by atoms with Gasteiger partial charge >= 0.3 is 14.5 Å². The number of aliphatic hydroxyl groups excluding tert-OH is 5. The summed E-state index contributed by atoms with van der Waals surface area (Å²) in [4.78, 5) is 28.4. The average molecular weight is 695 g/mol. The maximum Gasteiger partial charge on any atom is 0.481 e. The Morgan fingerprint density at radius 2 is 1.95 bits per heavy atom. The number of hydrogen-bond donors (Lipinski definition) is 8. The third-order valence-electron chi connectivity index (χ3n) is 6.88. The Morgan fingerprint density at radius 1 is 1.27 bits per heavy atom. The molecule has 0 radical (unpaired) electrons. The molecule has 4 heterocycles. The van der Waals surface area contributed by atoms with Gasteiger partial charge in [0, 0.05) is 12.7 Å². The quantitative estimate of drug-likeness (QED) is 0.0870. The summed E-state index contributed by atoms with van der Waals surface area (Å²) < 4.78 is 73.4. The van der Waals surface area contributed by atoms with Crippen molar-refractivity contribution in [2.24, 2.45) is 0 Å². The number of nitrogens with two attached hydrogens (primary N) is 1. The van der Waals surface area contributed by atoms with Gasteiger partial charge < -0.3 is 59.8 Å². The van der Waals surface area contributed by atoms with Gasteiger partial charge in [0.25, 0.3) is 5.85 Å². The van der Waals surface area contributed by atoms with Crippen molar-refractivity contribution < 1.29 is 76.2 Å². The molecule has 2 saturated heterocycles. The van der Waals surface area contributed by atoms with Crippen LogP contribution in [0.3, 0.4) is 0 Å². The zero-order chi connectivity index (χ0) is 32.8. The number of halogens is 2. The number of nitrogens with zero attached hydrogens (tertiary/aromatic N) is 4. The molecule has 4 rings (SSSR count). The van der Waals surface area contributed by atoms with E-state index in [0.717, 1.165) is 24.0 Å². The van der Waals surface area contributed by atoms with Crippen molar-refractivity contribution in [1.29, 1.82) is 0 Å². The van der Waals surface area contributed by atoms with Crippen LogP contribution in [0.25, 0.3) is 5.65 Å². The zero-order valence-electron chi connectivity index (χ0n) is 22.4. The first-order valence-electron chi connectivity index (χ1n) is 12.3. The first kappa shape index (κ1) is 35.2. The Labute approximate surface area is 251 Å². The van der Waals surface area contributed by atoms with E-state index in [1.807, 2.05) is 0 Å². The molecule has 248 valence electrons. The summed E-state index contributed by atoms with van der Waals surface area (Å²) in [6.45, 7) is -4.06. The van der Waals surface area contributed by atoms with E-state index in [9.17, 15) is 39.2 Å².